The van der Waals surface area contributed by atoms with Gasteiger partial charge in [0.2, 0.25) is 0 Å². The van der Waals surface area contributed by atoms with Crippen LogP contribution in [0.25, 0.3) is 10.6 Å². The molecule has 0 aliphatic carbocycles. The van der Waals surface area contributed by atoms with Gasteiger partial charge < -0.3 is 40.6 Å². The number of benzene rings is 2. The molecule has 2 rings (SSSR count). The summed E-state index contributed by atoms with van der Waals surface area (Å²) in [6.45, 7) is 3.07. The molecule has 0 saturated heterocycles. The number of carbonyl (C=O) groups is 2. The van der Waals surface area contributed by atoms with Crippen LogP contribution in [0.3, 0.4) is 0 Å². The van der Waals surface area contributed by atoms with E-state index in [4.69, 9.17) is 0 Å². The van der Waals surface area contributed by atoms with Gasteiger partial charge in [-0.25, -0.2) is 0 Å². The molecule has 0 heterocycles. The van der Waals surface area contributed by atoms with Crippen molar-refractivity contribution in [2.45, 2.75) is 25.9 Å². The summed E-state index contributed by atoms with van der Waals surface area (Å²) < 4.78 is 0. The van der Waals surface area contributed by atoms with Gasteiger partial charge in [-0.3, -0.25) is 0 Å². The summed E-state index contributed by atoms with van der Waals surface area (Å²) in [7, 11) is 0. The van der Waals surface area contributed by atoms with Crippen LogP contribution in [-0.2, 0) is 26.7 Å². The average Bonchev–Trinajstić information content (AvgIpc) is 2.62. The molecular formula is C20H18FeN2O6-. The molecule has 2 aromatic carbocycles. The first-order valence-electron chi connectivity index (χ1n) is 8.50. The van der Waals surface area contributed by atoms with Crippen molar-refractivity contribution in [3.8, 4) is 11.5 Å². The SMILES string of the molecule is Cc1ccc([O-])c(C([N-]CC[N-]C(C(=O)[O-])c2cc(C)ccc2[O-])C(=O)[O-])c1.[Fe+5]. The molecular weight excluding hydrogens is 420 g/mol. The molecule has 0 aliphatic heterocycles. The number of hydrogen-bond donors (Lipinski definition) is 0. The summed E-state index contributed by atoms with van der Waals surface area (Å²) in [6, 6.07) is 5.48. The molecule has 29 heavy (non-hydrogen) atoms. The Morgan fingerprint density at radius 3 is 1.45 bits per heavy atom. The van der Waals surface area contributed by atoms with Crippen LogP contribution in [0, 0.1) is 13.8 Å². The van der Waals surface area contributed by atoms with Crippen LogP contribution in [0.2, 0.25) is 0 Å². The van der Waals surface area contributed by atoms with Gasteiger partial charge >= 0.3 is 17.1 Å². The number of aryl methyl sites for hydroxylation is 2. The van der Waals surface area contributed by atoms with Crippen LogP contribution >= 0.6 is 0 Å². The van der Waals surface area contributed by atoms with Crippen molar-refractivity contribution in [1.29, 1.82) is 0 Å². The fourth-order valence-corrected chi connectivity index (χ4v) is 2.74. The van der Waals surface area contributed by atoms with Crippen LogP contribution < -0.4 is 20.4 Å². The number of rotatable bonds is 9. The molecule has 0 aromatic heterocycles. The van der Waals surface area contributed by atoms with E-state index in [1.54, 1.807) is 26.0 Å². The molecule has 0 aliphatic rings. The normalized spacial score (nSPS) is 12.6. The maximum atomic E-state index is 11.9. The van der Waals surface area contributed by atoms with Crippen molar-refractivity contribution in [2.24, 2.45) is 0 Å². The fraction of sp³-hybridized carbons (Fsp3) is 0.300. The van der Waals surface area contributed by atoms with Gasteiger partial charge in [0.1, 0.15) is 0 Å². The van der Waals surface area contributed by atoms with E-state index in [0.29, 0.717) is 11.1 Å². The second-order valence-corrected chi connectivity index (χ2v) is 6.34. The van der Waals surface area contributed by atoms with Crippen molar-refractivity contribution < 1.29 is 47.1 Å². The number of carboxylic acid groups (broad SMARTS) is 2. The Bertz CT molecular complexity index is 803. The minimum atomic E-state index is -1.54. The van der Waals surface area contributed by atoms with E-state index in [-0.39, 0.29) is 41.3 Å². The summed E-state index contributed by atoms with van der Waals surface area (Å²) in [5, 5.41) is 54.4. The summed E-state index contributed by atoms with van der Waals surface area (Å²) in [5.41, 5.74) is 1.33. The van der Waals surface area contributed by atoms with E-state index in [1.165, 1.54) is 24.3 Å². The minimum absolute atomic E-state index is 0. The van der Waals surface area contributed by atoms with Crippen LogP contribution in [0.4, 0.5) is 0 Å². The van der Waals surface area contributed by atoms with E-state index < -0.39 is 35.5 Å². The smallest absolute Gasteiger partial charge is 0.872 e. The Morgan fingerprint density at radius 2 is 1.14 bits per heavy atom. The monoisotopic (exact) mass is 438 g/mol. The van der Waals surface area contributed by atoms with Gasteiger partial charge in [-0.1, -0.05) is 70.7 Å². The molecule has 1 radical (unpaired) electrons. The molecule has 2 atom stereocenters. The molecule has 9 heteroatoms. The Balaban J connectivity index is 0.00000420. The van der Waals surface area contributed by atoms with E-state index >= 15 is 0 Å². The zero-order chi connectivity index (χ0) is 20.8. The maximum absolute atomic E-state index is 11.9. The largest absolute Gasteiger partial charge is 5.00 e. The Labute approximate surface area is 179 Å². The summed E-state index contributed by atoms with van der Waals surface area (Å²) >= 11 is 0. The number of nitrogens with zero attached hydrogens (tertiary/aromatic N) is 2. The molecule has 153 valence electrons. The first kappa shape index (κ1) is 24.5. The van der Waals surface area contributed by atoms with E-state index in [1.807, 2.05) is 0 Å². The third-order valence-electron chi connectivity index (χ3n) is 4.09. The summed E-state index contributed by atoms with van der Waals surface area (Å²) in [6.07, 6.45) is 0. The topological polar surface area (TPSA) is 155 Å². The van der Waals surface area contributed by atoms with Crippen molar-refractivity contribution in [3.05, 3.63) is 69.3 Å². The van der Waals surface area contributed by atoms with E-state index in [9.17, 15) is 30.0 Å². The first-order valence-corrected chi connectivity index (χ1v) is 8.50. The predicted molar refractivity (Wildman–Crippen MR) is 93.2 cm³/mol. The van der Waals surface area contributed by atoms with Crippen LogP contribution in [0.15, 0.2) is 36.4 Å². The number of carbonyl (C=O) groups excluding carboxylic acids is 2. The van der Waals surface area contributed by atoms with Gasteiger partial charge in [0.15, 0.2) is 0 Å². The second-order valence-electron chi connectivity index (χ2n) is 6.34. The van der Waals surface area contributed by atoms with Gasteiger partial charge in [0, 0.05) is 11.9 Å². The Hall–Kier alpha value is -2.58. The molecule has 0 bridgehead atoms. The van der Waals surface area contributed by atoms with Crippen molar-refractivity contribution in [2.75, 3.05) is 13.1 Å². The minimum Gasteiger partial charge on any atom is -0.872 e. The van der Waals surface area contributed by atoms with E-state index in [0.717, 1.165) is 0 Å². The molecule has 0 spiro atoms. The Morgan fingerprint density at radius 1 is 0.793 bits per heavy atom. The van der Waals surface area contributed by atoms with Gasteiger partial charge in [0.05, 0.1) is 0 Å². The number of carboxylic acids is 2. The van der Waals surface area contributed by atoms with E-state index in [2.05, 4.69) is 10.6 Å². The molecule has 8 nitrogen and oxygen atoms in total. The quantitative estimate of drug-likeness (QED) is 0.379. The van der Waals surface area contributed by atoms with Crippen molar-refractivity contribution >= 4 is 11.9 Å². The van der Waals surface area contributed by atoms with Crippen molar-refractivity contribution in [3.63, 3.8) is 0 Å². The predicted octanol–water partition coefficient (Wildman–Crippen LogP) is -0.522. The molecule has 0 saturated carbocycles. The van der Waals surface area contributed by atoms with Gasteiger partial charge in [-0.2, -0.15) is 13.1 Å². The molecule has 2 aromatic rings. The van der Waals surface area contributed by atoms with Crippen LogP contribution in [0.5, 0.6) is 11.5 Å². The summed E-state index contributed by atoms with van der Waals surface area (Å²) in [5.74, 6) is -4.05. The zero-order valence-electron chi connectivity index (χ0n) is 15.7. The average molecular weight is 438 g/mol. The maximum Gasteiger partial charge on any atom is 5.00 e. The van der Waals surface area contributed by atoms with Gasteiger partial charge in [-0.15, -0.1) is 11.5 Å². The molecule has 0 fully saturated rings. The second kappa shape index (κ2) is 10.8. The molecule has 0 N–H and O–H groups in total. The number of aliphatic carboxylic acids is 2. The zero-order valence-corrected chi connectivity index (χ0v) is 16.8. The standard InChI is InChI=1S/C20H22N2O6.Fe/c1-11-3-5-15(23)13(9-11)17(19(25)26)21-7-8-22-18(20(27)28)14-10-12(2)4-6-16(14)24;/h3-6,9-10,17-18,23-24H,7-8H2,1-2H3,(H,25,26)(H,27,28);/q-2;+5/p-4. The van der Waals surface area contributed by atoms with Crippen LogP contribution in [0.1, 0.15) is 34.3 Å². The first-order chi connectivity index (χ1) is 13.2. The third-order valence-corrected chi connectivity index (χ3v) is 4.09. The fourth-order valence-electron chi connectivity index (χ4n) is 2.74. The number of hydrogen-bond acceptors (Lipinski definition) is 6. The van der Waals surface area contributed by atoms with Crippen LogP contribution in [-0.4, -0.2) is 25.0 Å². The van der Waals surface area contributed by atoms with Crippen molar-refractivity contribution in [1.82, 2.24) is 0 Å². The van der Waals surface area contributed by atoms with Gasteiger partial charge in [0.25, 0.3) is 0 Å². The summed E-state index contributed by atoms with van der Waals surface area (Å²) in [4.78, 5) is 22.8. The third kappa shape index (κ3) is 6.47. The van der Waals surface area contributed by atoms with Gasteiger partial charge in [-0.05, 0) is 13.8 Å². The molecule has 2 unspecified atom stereocenters. The molecule has 0 amide bonds. The Kier molecular flexibility index (Phi) is 9.13.